The van der Waals surface area contributed by atoms with Gasteiger partial charge in [-0.2, -0.15) is 0 Å². The molecule has 1 aromatic carbocycles. The van der Waals surface area contributed by atoms with E-state index in [-0.39, 0.29) is 12.3 Å². The van der Waals surface area contributed by atoms with E-state index in [0.29, 0.717) is 24.4 Å². The van der Waals surface area contributed by atoms with Crippen LogP contribution >= 0.6 is 0 Å². The molecule has 0 spiro atoms. The van der Waals surface area contributed by atoms with Crippen LogP contribution in [0.3, 0.4) is 0 Å². The van der Waals surface area contributed by atoms with E-state index in [1.165, 1.54) is 0 Å². The summed E-state index contributed by atoms with van der Waals surface area (Å²) in [7, 11) is 1.60. The minimum Gasteiger partial charge on any atom is -0.496 e. The molecule has 1 amide bonds. The topological polar surface area (TPSA) is 71.7 Å². The normalized spacial score (nSPS) is 17.7. The van der Waals surface area contributed by atoms with Gasteiger partial charge in [-0.25, -0.2) is 0 Å². The summed E-state index contributed by atoms with van der Waals surface area (Å²) < 4.78 is 11.0. The maximum absolute atomic E-state index is 12.6. The highest BCUT2D eigenvalue weighted by Crippen LogP contribution is 2.33. The molecule has 3 rings (SSSR count). The summed E-state index contributed by atoms with van der Waals surface area (Å²) in [4.78, 5) is 12.6. The molecule has 0 unspecified atom stereocenters. The lowest BCUT2D eigenvalue weighted by molar-refractivity contribution is -0.128. The fourth-order valence-corrected chi connectivity index (χ4v) is 3.56. The Morgan fingerprint density at radius 2 is 2.00 bits per heavy atom. The molecule has 1 aliphatic rings. The molecule has 5 heteroatoms. The predicted octanol–water partition coefficient (Wildman–Crippen LogP) is 3.58. The van der Waals surface area contributed by atoms with Gasteiger partial charge in [-0.3, -0.25) is 4.79 Å². The highest BCUT2D eigenvalue weighted by atomic mass is 16.5. The Bertz CT molecular complexity index is 689. The lowest BCUT2D eigenvalue weighted by Crippen LogP contribution is -2.39. The van der Waals surface area contributed by atoms with Crippen molar-refractivity contribution in [1.82, 2.24) is 5.32 Å². The molecule has 1 saturated carbocycles. The number of aliphatic hydroxyl groups is 1. The number of hydrogen-bond acceptors (Lipinski definition) is 4. The second-order valence-electron chi connectivity index (χ2n) is 6.72. The quantitative estimate of drug-likeness (QED) is 0.841. The number of benzene rings is 1. The van der Waals surface area contributed by atoms with Crippen LogP contribution < -0.4 is 10.1 Å². The smallest absolute Gasteiger partial charge is 0.223 e. The number of amides is 1. The summed E-state index contributed by atoms with van der Waals surface area (Å²) in [5.74, 6) is 1.13. The van der Waals surface area contributed by atoms with E-state index in [0.717, 1.165) is 24.8 Å². The highest BCUT2D eigenvalue weighted by molar-refractivity contribution is 5.78. The first-order chi connectivity index (χ1) is 12.1. The van der Waals surface area contributed by atoms with Crippen molar-refractivity contribution in [3.05, 3.63) is 54.0 Å². The number of ether oxygens (including phenoxy) is 1. The Balaban J connectivity index is 1.80. The lowest BCUT2D eigenvalue weighted by atomic mass is 9.82. The van der Waals surface area contributed by atoms with Gasteiger partial charge >= 0.3 is 0 Å². The number of carbonyl (C=O) groups is 1. The zero-order valence-electron chi connectivity index (χ0n) is 14.5. The summed E-state index contributed by atoms with van der Waals surface area (Å²) in [5, 5.41) is 13.7. The zero-order valence-corrected chi connectivity index (χ0v) is 14.5. The third kappa shape index (κ3) is 4.23. The standard InChI is InChI=1S/C20H25NO4/c1-24-16-9-4-3-8-15(16)19(17-10-7-13-25-17)21-18(22)14-20(23)11-5-2-6-12-20/h3-4,7-10,13,19,23H,2,5-6,11-12,14H2,1H3,(H,21,22)/t19-/m1/s1. The van der Waals surface area contributed by atoms with Crippen LogP contribution in [0.4, 0.5) is 0 Å². The van der Waals surface area contributed by atoms with Gasteiger partial charge < -0.3 is 19.6 Å². The van der Waals surface area contributed by atoms with E-state index in [9.17, 15) is 9.90 Å². The van der Waals surface area contributed by atoms with E-state index in [1.54, 1.807) is 19.4 Å². The van der Waals surface area contributed by atoms with Crippen LogP contribution in [0.5, 0.6) is 5.75 Å². The molecule has 0 bridgehead atoms. The summed E-state index contributed by atoms with van der Waals surface area (Å²) in [6.07, 6.45) is 6.12. The molecule has 5 nitrogen and oxygen atoms in total. The first-order valence-corrected chi connectivity index (χ1v) is 8.79. The van der Waals surface area contributed by atoms with Crippen LogP contribution in [0.2, 0.25) is 0 Å². The van der Waals surface area contributed by atoms with Crippen LogP contribution in [-0.4, -0.2) is 23.7 Å². The second kappa shape index (κ2) is 7.74. The van der Waals surface area contributed by atoms with Crippen molar-refractivity contribution in [2.24, 2.45) is 0 Å². The van der Waals surface area contributed by atoms with Crippen LogP contribution in [-0.2, 0) is 4.79 Å². The van der Waals surface area contributed by atoms with Crippen molar-refractivity contribution in [1.29, 1.82) is 0 Å². The first-order valence-electron chi connectivity index (χ1n) is 8.79. The number of carbonyl (C=O) groups excluding carboxylic acids is 1. The van der Waals surface area contributed by atoms with Gasteiger partial charge in [0.05, 0.1) is 25.4 Å². The summed E-state index contributed by atoms with van der Waals surface area (Å²) in [6.45, 7) is 0. The van der Waals surface area contributed by atoms with E-state index in [4.69, 9.17) is 9.15 Å². The summed E-state index contributed by atoms with van der Waals surface area (Å²) >= 11 is 0. The molecule has 0 radical (unpaired) electrons. The number of hydrogen-bond donors (Lipinski definition) is 2. The van der Waals surface area contributed by atoms with E-state index in [1.807, 2.05) is 30.3 Å². The second-order valence-corrected chi connectivity index (χ2v) is 6.72. The van der Waals surface area contributed by atoms with Gasteiger partial charge in [0.1, 0.15) is 17.6 Å². The molecular formula is C20H25NO4. The Hall–Kier alpha value is -2.27. The molecule has 1 aliphatic carbocycles. The molecule has 2 N–H and O–H groups in total. The molecule has 1 atom stereocenters. The first kappa shape index (κ1) is 17.5. The molecule has 134 valence electrons. The van der Waals surface area contributed by atoms with Crippen LogP contribution in [0, 0.1) is 0 Å². The number of para-hydroxylation sites is 1. The molecule has 1 aromatic heterocycles. The minimum absolute atomic E-state index is 0.110. The van der Waals surface area contributed by atoms with Crippen molar-refractivity contribution < 1.29 is 19.1 Å². The van der Waals surface area contributed by atoms with Gasteiger partial charge in [0.2, 0.25) is 5.91 Å². The van der Waals surface area contributed by atoms with Crippen molar-refractivity contribution in [2.75, 3.05) is 7.11 Å². The highest BCUT2D eigenvalue weighted by Gasteiger charge is 2.33. The zero-order chi connectivity index (χ0) is 17.7. The average molecular weight is 343 g/mol. The molecular weight excluding hydrogens is 318 g/mol. The van der Waals surface area contributed by atoms with Crippen molar-refractivity contribution in [2.45, 2.75) is 50.2 Å². The lowest BCUT2D eigenvalue weighted by Gasteiger charge is -2.32. The van der Waals surface area contributed by atoms with Gasteiger partial charge in [0, 0.05) is 5.56 Å². The summed E-state index contributed by atoms with van der Waals surface area (Å²) in [5.41, 5.74) is -0.0690. The summed E-state index contributed by atoms with van der Waals surface area (Å²) in [6, 6.07) is 10.7. The maximum atomic E-state index is 12.6. The Labute approximate surface area is 148 Å². The predicted molar refractivity (Wildman–Crippen MR) is 94.3 cm³/mol. The molecule has 25 heavy (non-hydrogen) atoms. The van der Waals surface area contributed by atoms with Crippen molar-refractivity contribution in [3.63, 3.8) is 0 Å². The number of rotatable bonds is 6. The van der Waals surface area contributed by atoms with Crippen LogP contribution in [0.15, 0.2) is 47.1 Å². The SMILES string of the molecule is COc1ccccc1[C@@H](NC(=O)CC1(O)CCCCC1)c1ccco1. The monoisotopic (exact) mass is 343 g/mol. The number of furan rings is 1. The fraction of sp³-hybridized carbons (Fsp3) is 0.450. The van der Waals surface area contributed by atoms with Gasteiger partial charge in [-0.15, -0.1) is 0 Å². The largest absolute Gasteiger partial charge is 0.496 e. The van der Waals surface area contributed by atoms with Gasteiger partial charge in [0.15, 0.2) is 0 Å². The van der Waals surface area contributed by atoms with Crippen LogP contribution in [0.25, 0.3) is 0 Å². The van der Waals surface area contributed by atoms with E-state index < -0.39 is 11.6 Å². The van der Waals surface area contributed by atoms with Crippen molar-refractivity contribution in [3.8, 4) is 5.75 Å². The van der Waals surface area contributed by atoms with Crippen LogP contribution in [0.1, 0.15) is 55.9 Å². The Kier molecular flexibility index (Phi) is 5.43. The van der Waals surface area contributed by atoms with Gasteiger partial charge in [-0.1, -0.05) is 37.5 Å². The molecule has 1 heterocycles. The molecule has 0 saturated heterocycles. The maximum Gasteiger partial charge on any atom is 0.223 e. The van der Waals surface area contributed by atoms with E-state index >= 15 is 0 Å². The Morgan fingerprint density at radius 3 is 2.68 bits per heavy atom. The third-order valence-electron chi connectivity index (χ3n) is 4.86. The average Bonchev–Trinajstić information content (AvgIpc) is 3.14. The number of nitrogens with one attached hydrogen (secondary N) is 1. The molecule has 2 aromatic rings. The molecule has 1 fully saturated rings. The third-order valence-corrected chi connectivity index (χ3v) is 4.86. The minimum atomic E-state index is -0.892. The van der Waals surface area contributed by atoms with Crippen molar-refractivity contribution >= 4 is 5.91 Å². The van der Waals surface area contributed by atoms with E-state index in [2.05, 4.69) is 5.32 Å². The Morgan fingerprint density at radius 1 is 1.24 bits per heavy atom. The number of methoxy groups -OCH3 is 1. The molecule has 0 aliphatic heterocycles. The van der Waals surface area contributed by atoms with Gasteiger partial charge in [-0.05, 0) is 31.0 Å². The van der Waals surface area contributed by atoms with Gasteiger partial charge in [0.25, 0.3) is 0 Å². The fourth-order valence-electron chi connectivity index (χ4n) is 3.56.